The van der Waals surface area contributed by atoms with Crippen LogP contribution in [0.2, 0.25) is 0 Å². The van der Waals surface area contributed by atoms with Crippen molar-refractivity contribution < 1.29 is 13.9 Å². The number of methoxy groups -OCH3 is 1. The molecule has 1 heterocycles. The fraction of sp³-hybridized carbons (Fsp3) is 0.263. The number of halogens is 1. The molecule has 5 nitrogen and oxygen atoms in total. The molecule has 1 N–H and O–H groups in total. The summed E-state index contributed by atoms with van der Waals surface area (Å²) in [7, 11) is 3.12. The summed E-state index contributed by atoms with van der Waals surface area (Å²) >= 11 is 1.36. The van der Waals surface area contributed by atoms with Crippen molar-refractivity contribution >= 4 is 28.7 Å². The van der Waals surface area contributed by atoms with Gasteiger partial charge in [-0.25, -0.2) is 9.37 Å². The average molecular weight is 373 g/mol. The normalized spacial score (nSPS) is 10.9. The lowest BCUT2D eigenvalue weighted by Crippen LogP contribution is -2.27. The minimum absolute atomic E-state index is 0.0529. The molecular weight excluding hydrogens is 353 g/mol. The van der Waals surface area contributed by atoms with Crippen molar-refractivity contribution in [2.45, 2.75) is 18.6 Å². The van der Waals surface area contributed by atoms with Crippen LogP contribution in [0.4, 0.5) is 4.39 Å². The Morgan fingerprint density at radius 3 is 2.85 bits per heavy atom. The van der Waals surface area contributed by atoms with E-state index < -0.39 is 5.82 Å². The van der Waals surface area contributed by atoms with Crippen LogP contribution in [0, 0.1) is 12.7 Å². The van der Waals surface area contributed by atoms with Crippen LogP contribution in [0.25, 0.3) is 11.0 Å². The molecule has 0 spiro atoms. The Balaban J connectivity index is 1.59. The number of imidazole rings is 1. The van der Waals surface area contributed by atoms with Gasteiger partial charge in [0.1, 0.15) is 0 Å². The van der Waals surface area contributed by atoms with Crippen molar-refractivity contribution in [2.24, 2.45) is 0 Å². The molecule has 26 heavy (non-hydrogen) atoms. The SMILES string of the molecule is COc1ccc(CN(C)C(=O)CSc2nc3ccc(C)cc3[nH]2)cc1F. The van der Waals surface area contributed by atoms with Crippen molar-refractivity contribution in [3.8, 4) is 5.75 Å². The number of amides is 1. The van der Waals surface area contributed by atoms with Crippen LogP contribution in [0.3, 0.4) is 0 Å². The van der Waals surface area contributed by atoms with Gasteiger partial charge in [0, 0.05) is 13.6 Å². The molecule has 0 saturated carbocycles. The summed E-state index contributed by atoms with van der Waals surface area (Å²) in [4.78, 5) is 21.6. The lowest BCUT2D eigenvalue weighted by atomic mass is 10.2. The van der Waals surface area contributed by atoms with Crippen molar-refractivity contribution in [1.82, 2.24) is 14.9 Å². The Hall–Kier alpha value is -2.54. The summed E-state index contributed by atoms with van der Waals surface area (Å²) in [5.41, 5.74) is 3.71. The molecule has 0 aliphatic carbocycles. The second-order valence-electron chi connectivity index (χ2n) is 6.07. The Morgan fingerprint density at radius 1 is 1.31 bits per heavy atom. The van der Waals surface area contributed by atoms with Crippen LogP contribution in [0.15, 0.2) is 41.6 Å². The molecule has 2 aromatic carbocycles. The third-order valence-electron chi connectivity index (χ3n) is 4.01. The summed E-state index contributed by atoms with van der Waals surface area (Å²) in [5, 5.41) is 0.711. The molecule has 0 aliphatic heterocycles. The molecule has 0 fully saturated rings. The van der Waals surface area contributed by atoms with E-state index >= 15 is 0 Å². The van der Waals surface area contributed by atoms with Crippen LogP contribution >= 0.6 is 11.8 Å². The standard InChI is InChI=1S/C19H20FN3O2S/c1-12-4-6-15-16(8-12)22-19(21-15)26-11-18(24)23(2)10-13-5-7-17(25-3)14(20)9-13/h4-9H,10-11H2,1-3H3,(H,21,22). The maximum Gasteiger partial charge on any atom is 0.233 e. The predicted octanol–water partition coefficient (Wildman–Crippen LogP) is 3.77. The van der Waals surface area contributed by atoms with Crippen molar-refractivity contribution in [3.63, 3.8) is 0 Å². The lowest BCUT2D eigenvalue weighted by molar-refractivity contribution is -0.127. The number of fused-ring (bicyclic) bond motifs is 1. The molecule has 7 heteroatoms. The average Bonchev–Trinajstić information content (AvgIpc) is 3.01. The van der Waals surface area contributed by atoms with Crippen LogP contribution in [-0.4, -0.2) is 40.7 Å². The van der Waals surface area contributed by atoms with Gasteiger partial charge in [-0.05, 0) is 42.3 Å². The van der Waals surface area contributed by atoms with Gasteiger partial charge in [-0.15, -0.1) is 0 Å². The number of ether oxygens (including phenoxy) is 1. The van der Waals surface area contributed by atoms with Gasteiger partial charge in [-0.3, -0.25) is 4.79 Å². The third-order valence-corrected chi connectivity index (χ3v) is 4.87. The first kappa shape index (κ1) is 18.3. The summed E-state index contributed by atoms with van der Waals surface area (Å²) in [6, 6.07) is 10.7. The van der Waals surface area contributed by atoms with Crippen LogP contribution in [0.5, 0.6) is 5.75 Å². The molecule has 0 aliphatic rings. The maximum atomic E-state index is 13.8. The first-order chi connectivity index (χ1) is 12.5. The van der Waals surface area contributed by atoms with Gasteiger partial charge in [0.2, 0.25) is 5.91 Å². The van der Waals surface area contributed by atoms with Crippen LogP contribution < -0.4 is 4.74 Å². The zero-order valence-corrected chi connectivity index (χ0v) is 15.7. The van der Waals surface area contributed by atoms with Gasteiger partial charge < -0.3 is 14.6 Å². The Bertz CT molecular complexity index is 942. The summed E-state index contributed by atoms with van der Waals surface area (Å²) in [6.45, 7) is 2.35. The molecule has 0 bridgehead atoms. The number of nitrogens with zero attached hydrogens (tertiary/aromatic N) is 2. The maximum absolute atomic E-state index is 13.8. The van der Waals surface area contributed by atoms with E-state index in [0.29, 0.717) is 17.3 Å². The lowest BCUT2D eigenvalue weighted by Gasteiger charge is -2.17. The second-order valence-corrected chi connectivity index (χ2v) is 7.03. The smallest absolute Gasteiger partial charge is 0.233 e. The highest BCUT2D eigenvalue weighted by Gasteiger charge is 2.13. The zero-order chi connectivity index (χ0) is 18.7. The van der Waals surface area contributed by atoms with Crippen LogP contribution in [-0.2, 0) is 11.3 Å². The summed E-state index contributed by atoms with van der Waals surface area (Å²) in [5.74, 6) is -0.0347. The molecule has 1 aromatic heterocycles. The summed E-state index contributed by atoms with van der Waals surface area (Å²) < 4.78 is 18.7. The number of aromatic amines is 1. The number of H-pyrrole nitrogens is 1. The molecule has 3 rings (SSSR count). The van der Waals surface area contributed by atoms with E-state index in [1.54, 1.807) is 24.1 Å². The van der Waals surface area contributed by atoms with Crippen LogP contribution in [0.1, 0.15) is 11.1 Å². The van der Waals surface area contributed by atoms with E-state index in [0.717, 1.165) is 16.6 Å². The number of rotatable bonds is 6. The molecule has 136 valence electrons. The minimum Gasteiger partial charge on any atom is -0.494 e. The molecule has 0 unspecified atom stereocenters. The number of hydrogen-bond acceptors (Lipinski definition) is 4. The van der Waals surface area contributed by atoms with Gasteiger partial charge >= 0.3 is 0 Å². The van der Waals surface area contributed by atoms with Gasteiger partial charge in [0.15, 0.2) is 16.7 Å². The molecular formula is C19H20FN3O2S. The highest BCUT2D eigenvalue weighted by Crippen LogP contribution is 2.21. The Kier molecular flexibility index (Phi) is 5.46. The number of hydrogen-bond donors (Lipinski definition) is 1. The van der Waals surface area contributed by atoms with E-state index in [4.69, 9.17) is 4.74 Å². The number of thioether (sulfide) groups is 1. The number of carbonyl (C=O) groups excluding carboxylic acids is 1. The number of aromatic nitrogens is 2. The Labute approximate surface area is 155 Å². The highest BCUT2D eigenvalue weighted by molar-refractivity contribution is 7.99. The fourth-order valence-electron chi connectivity index (χ4n) is 2.58. The van der Waals surface area contributed by atoms with E-state index in [-0.39, 0.29) is 17.4 Å². The molecule has 3 aromatic rings. The topological polar surface area (TPSA) is 58.2 Å². The number of nitrogens with one attached hydrogen (secondary N) is 1. The molecule has 1 amide bonds. The largest absolute Gasteiger partial charge is 0.494 e. The monoisotopic (exact) mass is 373 g/mol. The fourth-order valence-corrected chi connectivity index (χ4v) is 3.40. The van der Waals surface area contributed by atoms with Crippen molar-refractivity contribution in [2.75, 3.05) is 19.9 Å². The minimum atomic E-state index is -0.433. The number of aryl methyl sites for hydroxylation is 1. The van der Waals surface area contributed by atoms with Gasteiger partial charge in [-0.1, -0.05) is 23.9 Å². The van der Waals surface area contributed by atoms with Crippen molar-refractivity contribution in [3.05, 3.63) is 53.3 Å². The van der Waals surface area contributed by atoms with E-state index in [1.807, 2.05) is 25.1 Å². The van der Waals surface area contributed by atoms with Crippen molar-refractivity contribution in [1.29, 1.82) is 0 Å². The van der Waals surface area contributed by atoms with Gasteiger partial charge in [0.05, 0.1) is 23.9 Å². The molecule has 0 radical (unpaired) electrons. The second kappa shape index (κ2) is 7.78. The number of carbonyl (C=O) groups is 1. The quantitative estimate of drug-likeness (QED) is 0.668. The Morgan fingerprint density at radius 2 is 2.12 bits per heavy atom. The molecule has 0 saturated heterocycles. The first-order valence-electron chi connectivity index (χ1n) is 8.12. The van der Waals surface area contributed by atoms with E-state index in [9.17, 15) is 9.18 Å². The number of benzene rings is 2. The zero-order valence-electron chi connectivity index (χ0n) is 14.9. The highest BCUT2D eigenvalue weighted by atomic mass is 32.2. The van der Waals surface area contributed by atoms with Gasteiger partial charge in [-0.2, -0.15) is 0 Å². The summed E-state index contributed by atoms with van der Waals surface area (Å²) in [6.07, 6.45) is 0. The third kappa shape index (κ3) is 4.16. The molecule has 0 atom stereocenters. The van der Waals surface area contributed by atoms with Gasteiger partial charge in [0.25, 0.3) is 0 Å². The first-order valence-corrected chi connectivity index (χ1v) is 9.10. The predicted molar refractivity (Wildman–Crippen MR) is 101 cm³/mol. The van der Waals surface area contributed by atoms with E-state index in [2.05, 4.69) is 9.97 Å². The van der Waals surface area contributed by atoms with E-state index in [1.165, 1.54) is 24.9 Å².